The molecule has 0 aliphatic heterocycles. The molecule has 0 aromatic heterocycles. The van der Waals surface area contributed by atoms with Crippen molar-refractivity contribution >= 4 is 11.6 Å². The highest BCUT2D eigenvalue weighted by Crippen LogP contribution is 2.22. The lowest BCUT2D eigenvalue weighted by molar-refractivity contribution is -0.325. The van der Waals surface area contributed by atoms with Gasteiger partial charge in [0, 0.05) is 5.56 Å². The Morgan fingerprint density at radius 2 is 1.94 bits per heavy atom. The van der Waals surface area contributed by atoms with Gasteiger partial charge in [-0.25, -0.2) is 0 Å². The summed E-state index contributed by atoms with van der Waals surface area (Å²) in [7, 11) is 0. The second kappa shape index (κ2) is 6.12. The van der Waals surface area contributed by atoms with Gasteiger partial charge in [0.15, 0.2) is 0 Å². The Morgan fingerprint density at radius 3 is 2.53 bits per heavy atom. The zero-order valence-corrected chi connectivity index (χ0v) is 9.94. The first-order chi connectivity index (χ1) is 7.92. The van der Waals surface area contributed by atoms with Crippen LogP contribution in [-0.2, 0) is 10.6 Å². The maximum atomic E-state index is 11.7. The number of hydrogen-bond donors (Lipinski definition) is 0. The molecule has 0 unspecified atom stereocenters. The summed E-state index contributed by atoms with van der Waals surface area (Å²) in [5.41, 5.74) is 1.76. The van der Waals surface area contributed by atoms with Crippen molar-refractivity contribution in [3.05, 3.63) is 29.3 Å². The molecule has 0 bridgehead atoms. The molecule has 0 aliphatic carbocycles. The Labute approximate surface area is 102 Å². The predicted octanol–water partition coefficient (Wildman–Crippen LogP) is 3.65. The highest BCUT2D eigenvalue weighted by molar-refractivity contribution is 6.17. The molecule has 0 heterocycles. The fourth-order valence-electron chi connectivity index (χ4n) is 1.26. The summed E-state index contributed by atoms with van der Waals surface area (Å²) in [6, 6.07) is 5.31. The Kier molecular flexibility index (Phi) is 5.08. The summed E-state index contributed by atoms with van der Waals surface area (Å²) >= 11 is 5.70. The molecule has 0 fully saturated rings. The van der Waals surface area contributed by atoms with E-state index in [1.807, 2.05) is 13.0 Å². The van der Waals surface area contributed by atoms with Crippen LogP contribution in [0.15, 0.2) is 18.2 Å². The van der Waals surface area contributed by atoms with Gasteiger partial charge < -0.3 is 4.74 Å². The number of hydrogen-bond acceptors (Lipinski definition) is 2. The van der Waals surface area contributed by atoms with Gasteiger partial charge >= 0.3 is 6.36 Å². The summed E-state index contributed by atoms with van der Waals surface area (Å²) in [6.45, 7) is 1.18. The number of aryl methyl sites for hydroxylation is 1. The molecule has 0 atom stereocenters. The quantitative estimate of drug-likeness (QED) is 0.599. The third-order valence-corrected chi connectivity index (χ3v) is 2.25. The van der Waals surface area contributed by atoms with Gasteiger partial charge in [-0.05, 0) is 13.0 Å². The van der Waals surface area contributed by atoms with Gasteiger partial charge in [-0.15, -0.1) is 24.8 Å². The second-order valence-corrected chi connectivity index (χ2v) is 3.65. The molecule has 96 valence electrons. The predicted molar refractivity (Wildman–Crippen MR) is 58.2 cm³/mol. The average Bonchev–Trinajstić information content (AvgIpc) is 2.24. The van der Waals surface area contributed by atoms with Crippen LogP contribution in [0.2, 0.25) is 0 Å². The topological polar surface area (TPSA) is 18.5 Å². The maximum absolute atomic E-state index is 11.7. The molecular formula is C11H12ClF3O2. The molecule has 6 heteroatoms. The molecule has 2 nitrogen and oxygen atoms in total. The summed E-state index contributed by atoms with van der Waals surface area (Å²) in [5.74, 6) is 0.730. The van der Waals surface area contributed by atoms with Crippen molar-refractivity contribution in [2.45, 2.75) is 19.2 Å². The average molecular weight is 269 g/mol. The minimum Gasteiger partial charge on any atom is -0.491 e. The van der Waals surface area contributed by atoms with Crippen LogP contribution in [0.1, 0.15) is 11.1 Å². The standard InChI is InChI=1S/C11H12ClF3O2/c1-8-2-3-10(9(6-8)7-12)16-4-5-17-11(13,14)15/h2-3,6H,4-5,7H2,1H3. The monoisotopic (exact) mass is 268 g/mol. The van der Waals surface area contributed by atoms with Crippen LogP contribution in [0, 0.1) is 6.92 Å². The maximum Gasteiger partial charge on any atom is 0.522 e. The fraction of sp³-hybridized carbons (Fsp3) is 0.455. The molecule has 1 aromatic carbocycles. The lowest BCUT2D eigenvalue weighted by Crippen LogP contribution is -2.18. The van der Waals surface area contributed by atoms with Crippen LogP contribution in [0.4, 0.5) is 13.2 Å². The van der Waals surface area contributed by atoms with Gasteiger partial charge in [-0.3, -0.25) is 4.74 Å². The minimum absolute atomic E-state index is 0.174. The van der Waals surface area contributed by atoms with Crippen LogP contribution in [0.5, 0.6) is 5.75 Å². The minimum atomic E-state index is -4.62. The van der Waals surface area contributed by atoms with E-state index >= 15 is 0 Å². The van der Waals surface area contributed by atoms with Crippen LogP contribution in [0.25, 0.3) is 0 Å². The molecule has 0 saturated carbocycles. The van der Waals surface area contributed by atoms with Crippen LogP contribution in [-0.4, -0.2) is 19.6 Å². The van der Waals surface area contributed by atoms with Gasteiger partial charge in [-0.1, -0.05) is 17.7 Å². The fourth-order valence-corrected chi connectivity index (χ4v) is 1.47. The smallest absolute Gasteiger partial charge is 0.491 e. The molecule has 0 radical (unpaired) electrons. The van der Waals surface area contributed by atoms with Crippen molar-refractivity contribution < 1.29 is 22.6 Å². The van der Waals surface area contributed by atoms with Crippen LogP contribution >= 0.6 is 11.6 Å². The number of ether oxygens (including phenoxy) is 2. The Hall–Kier alpha value is -0.940. The second-order valence-electron chi connectivity index (χ2n) is 3.39. The molecule has 0 spiro atoms. The van der Waals surface area contributed by atoms with Crippen molar-refractivity contribution in [3.8, 4) is 5.75 Å². The van der Waals surface area contributed by atoms with Crippen LogP contribution < -0.4 is 4.74 Å². The Morgan fingerprint density at radius 1 is 1.24 bits per heavy atom. The van der Waals surface area contributed by atoms with E-state index in [4.69, 9.17) is 16.3 Å². The lowest BCUT2D eigenvalue weighted by atomic mass is 10.1. The van der Waals surface area contributed by atoms with Gasteiger partial charge in [0.1, 0.15) is 12.4 Å². The van der Waals surface area contributed by atoms with Crippen molar-refractivity contribution in [3.63, 3.8) is 0 Å². The van der Waals surface area contributed by atoms with Gasteiger partial charge in [-0.2, -0.15) is 0 Å². The number of benzene rings is 1. The Balaban J connectivity index is 2.46. The van der Waals surface area contributed by atoms with Gasteiger partial charge in [0.2, 0.25) is 0 Å². The summed E-state index contributed by atoms with van der Waals surface area (Å²) in [4.78, 5) is 0. The van der Waals surface area contributed by atoms with E-state index in [-0.39, 0.29) is 12.5 Å². The first-order valence-electron chi connectivity index (χ1n) is 4.91. The Bertz CT molecular complexity index is 366. The molecule has 0 N–H and O–H groups in total. The molecule has 1 rings (SSSR count). The summed E-state index contributed by atoms with van der Waals surface area (Å²) in [6.07, 6.45) is -4.62. The molecule has 0 amide bonds. The van der Waals surface area contributed by atoms with Gasteiger partial charge in [0.05, 0.1) is 12.5 Å². The molecule has 0 saturated heterocycles. The normalized spacial score (nSPS) is 11.6. The summed E-state index contributed by atoms with van der Waals surface area (Å²) in [5, 5.41) is 0. The first-order valence-corrected chi connectivity index (χ1v) is 5.45. The van der Waals surface area contributed by atoms with E-state index in [1.54, 1.807) is 12.1 Å². The van der Waals surface area contributed by atoms with Crippen molar-refractivity contribution in [2.75, 3.05) is 13.2 Å². The lowest BCUT2D eigenvalue weighted by Gasteiger charge is -2.11. The van der Waals surface area contributed by atoms with E-state index in [0.29, 0.717) is 5.75 Å². The molecular weight excluding hydrogens is 257 g/mol. The van der Waals surface area contributed by atoms with E-state index in [0.717, 1.165) is 11.1 Å². The van der Waals surface area contributed by atoms with E-state index in [9.17, 15) is 13.2 Å². The third kappa shape index (κ3) is 5.28. The zero-order chi connectivity index (χ0) is 12.9. The number of rotatable bonds is 5. The highest BCUT2D eigenvalue weighted by Gasteiger charge is 2.28. The number of alkyl halides is 4. The van der Waals surface area contributed by atoms with Gasteiger partial charge in [0.25, 0.3) is 0 Å². The van der Waals surface area contributed by atoms with E-state index in [1.165, 1.54) is 0 Å². The van der Waals surface area contributed by atoms with Crippen LogP contribution in [0.3, 0.4) is 0 Å². The van der Waals surface area contributed by atoms with E-state index in [2.05, 4.69) is 4.74 Å². The van der Waals surface area contributed by atoms with E-state index < -0.39 is 13.0 Å². The third-order valence-electron chi connectivity index (χ3n) is 1.97. The SMILES string of the molecule is Cc1ccc(OCCOC(F)(F)F)c(CCl)c1. The molecule has 0 aliphatic rings. The number of halogens is 4. The molecule has 17 heavy (non-hydrogen) atoms. The first kappa shape index (κ1) is 14.1. The largest absolute Gasteiger partial charge is 0.522 e. The van der Waals surface area contributed by atoms with Crippen molar-refractivity contribution in [1.82, 2.24) is 0 Å². The molecule has 1 aromatic rings. The highest BCUT2D eigenvalue weighted by atomic mass is 35.5. The zero-order valence-electron chi connectivity index (χ0n) is 9.18. The summed E-state index contributed by atoms with van der Waals surface area (Å²) < 4.78 is 43.8. The van der Waals surface area contributed by atoms with Crippen molar-refractivity contribution in [1.29, 1.82) is 0 Å². The van der Waals surface area contributed by atoms with Crippen molar-refractivity contribution in [2.24, 2.45) is 0 Å².